The van der Waals surface area contributed by atoms with Crippen LogP contribution in [0.2, 0.25) is 0 Å². The summed E-state index contributed by atoms with van der Waals surface area (Å²) >= 11 is 1.67. The summed E-state index contributed by atoms with van der Waals surface area (Å²) in [5, 5.41) is 0.933. The Bertz CT molecular complexity index is 857. The summed E-state index contributed by atoms with van der Waals surface area (Å²) in [6.45, 7) is 1.94. The largest absolute Gasteiger partial charge is 0.337 e. The first-order valence-electron chi connectivity index (χ1n) is 7.96. The number of hydrogen-bond acceptors (Lipinski definition) is 5. The van der Waals surface area contributed by atoms with Gasteiger partial charge < -0.3 is 4.90 Å². The van der Waals surface area contributed by atoms with Gasteiger partial charge in [-0.25, -0.2) is 9.78 Å². The van der Waals surface area contributed by atoms with Crippen LogP contribution in [0.1, 0.15) is 34.0 Å². The summed E-state index contributed by atoms with van der Waals surface area (Å²) in [6, 6.07) is 0. The van der Waals surface area contributed by atoms with Gasteiger partial charge in [0.1, 0.15) is 11.6 Å². The highest BCUT2D eigenvalue weighted by molar-refractivity contribution is 7.11. The lowest BCUT2D eigenvalue weighted by atomic mass is 10.0. The van der Waals surface area contributed by atoms with Crippen LogP contribution < -0.4 is 11.2 Å². The summed E-state index contributed by atoms with van der Waals surface area (Å²) in [6.07, 6.45) is 5.90. The van der Waals surface area contributed by atoms with E-state index < -0.39 is 11.2 Å². The molecule has 2 aromatic rings. The van der Waals surface area contributed by atoms with Gasteiger partial charge in [0.05, 0.1) is 12.2 Å². The van der Waals surface area contributed by atoms with E-state index >= 15 is 0 Å². The highest BCUT2D eigenvalue weighted by atomic mass is 32.1. The maximum Gasteiger partial charge on any atom is 0.328 e. The lowest BCUT2D eigenvalue weighted by molar-refractivity contribution is -0.131. The molecule has 0 aliphatic heterocycles. The van der Waals surface area contributed by atoms with Crippen LogP contribution >= 0.6 is 11.3 Å². The van der Waals surface area contributed by atoms with Gasteiger partial charge in [-0.1, -0.05) is 0 Å². The molecule has 0 radical (unpaired) electrons. The number of aromatic nitrogens is 3. The fourth-order valence-corrected chi connectivity index (χ4v) is 3.98. The molecule has 0 aromatic carbocycles. The van der Waals surface area contributed by atoms with Crippen molar-refractivity contribution in [1.82, 2.24) is 19.4 Å². The average Bonchev–Trinajstić information content (AvgIpc) is 2.94. The van der Waals surface area contributed by atoms with Crippen LogP contribution in [-0.4, -0.2) is 32.4 Å². The van der Waals surface area contributed by atoms with Crippen molar-refractivity contribution in [2.45, 2.75) is 45.7 Å². The minimum atomic E-state index is -0.572. The van der Waals surface area contributed by atoms with Crippen molar-refractivity contribution in [3.63, 3.8) is 0 Å². The monoisotopic (exact) mass is 348 g/mol. The molecular formula is C16H20N4O3S. The molecule has 7 nitrogen and oxygen atoms in total. The number of likely N-dealkylation sites (N-methyl/N-ethyl adjacent to an activating group) is 1. The Morgan fingerprint density at radius 1 is 1.38 bits per heavy atom. The summed E-state index contributed by atoms with van der Waals surface area (Å²) in [5.74, 6) is -0.197. The number of amides is 1. The zero-order valence-electron chi connectivity index (χ0n) is 13.8. The van der Waals surface area contributed by atoms with E-state index in [1.54, 1.807) is 30.2 Å². The standard InChI is InChI=1S/C16H20N4O3S/c1-10-7-20(16(23)18-15(10)22)9-14(21)19(2)8-13-17-11-5-3-4-6-12(11)24-13/h7H,3-6,8-9H2,1-2H3,(H,18,22,23). The third-order valence-corrected chi connectivity index (χ3v) is 5.32. The second kappa shape index (κ2) is 6.72. The van der Waals surface area contributed by atoms with Crippen molar-refractivity contribution in [1.29, 1.82) is 0 Å². The van der Waals surface area contributed by atoms with Gasteiger partial charge in [0.15, 0.2) is 0 Å². The molecule has 24 heavy (non-hydrogen) atoms. The molecule has 128 valence electrons. The van der Waals surface area contributed by atoms with E-state index in [0.717, 1.165) is 17.8 Å². The molecule has 0 unspecified atom stereocenters. The molecule has 3 rings (SSSR count). The van der Waals surface area contributed by atoms with E-state index in [-0.39, 0.29) is 12.5 Å². The van der Waals surface area contributed by atoms with Crippen molar-refractivity contribution in [2.24, 2.45) is 0 Å². The van der Waals surface area contributed by atoms with Gasteiger partial charge >= 0.3 is 5.69 Å². The lowest BCUT2D eigenvalue weighted by Crippen LogP contribution is -2.37. The maximum absolute atomic E-state index is 12.4. The molecule has 1 amide bonds. The number of nitrogens with zero attached hydrogens (tertiary/aromatic N) is 3. The van der Waals surface area contributed by atoms with Crippen molar-refractivity contribution >= 4 is 17.2 Å². The lowest BCUT2D eigenvalue weighted by Gasteiger charge is -2.16. The second-order valence-corrected chi connectivity index (χ2v) is 7.30. The van der Waals surface area contributed by atoms with Crippen LogP contribution in [0.3, 0.4) is 0 Å². The van der Waals surface area contributed by atoms with E-state index in [1.165, 1.54) is 34.2 Å². The van der Waals surface area contributed by atoms with Crippen LogP contribution in [0.15, 0.2) is 15.8 Å². The van der Waals surface area contributed by atoms with Crippen LogP contribution in [0.5, 0.6) is 0 Å². The molecule has 8 heteroatoms. The molecule has 2 heterocycles. The van der Waals surface area contributed by atoms with Gasteiger partial charge in [0, 0.05) is 23.7 Å². The topological polar surface area (TPSA) is 88.1 Å². The first-order valence-corrected chi connectivity index (χ1v) is 8.77. The number of carbonyl (C=O) groups is 1. The van der Waals surface area contributed by atoms with E-state index in [9.17, 15) is 14.4 Å². The Balaban J connectivity index is 1.69. The smallest absolute Gasteiger partial charge is 0.328 e. The molecular weight excluding hydrogens is 328 g/mol. The summed E-state index contributed by atoms with van der Waals surface area (Å²) in [7, 11) is 1.70. The third-order valence-electron chi connectivity index (χ3n) is 4.18. The predicted octanol–water partition coefficient (Wildman–Crippen LogP) is 0.839. The van der Waals surface area contributed by atoms with Gasteiger partial charge in [0.2, 0.25) is 5.91 Å². The number of nitrogens with one attached hydrogen (secondary N) is 1. The molecule has 0 fully saturated rings. The summed E-state index contributed by atoms with van der Waals surface area (Å²) in [5.41, 5.74) is 0.578. The molecule has 0 saturated carbocycles. The Labute approximate surface area is 143 Å². The van der Waals surface area contributed by atoms with Gasteiger partial charge in [0.25, 0.3) is 5.56 Å². The minimum Gasteiger partial charge on any atom is -0.337 e. The van der Waals surface area contributed by atoms with E-state index in [4.69, 9.17) is 0 Å². The van der Waals surface area contributed by atoms with E-state index in [0.29, 0.717) is 12.1 Å². The quantitative estimate of drug-likeness (QED) is 0.887. The highest BCUT2D eigenvalue weighted by Gasteiger charge is 2.18. The molecule has 1 N–H and O–H groups in total. The average molecular weight is 348 g/mol. The Morgan fingerprint density at radius 2 is 2.12 bits per heavy atom. The Hall–Kier alpha value is -2.22. The molecule has 1 aliphatic carbocycles. The Kier molecular flexibility index (Phi) is 4.66. The summed E-state index contributed by atoms with van der Waals surface area (Å²) < 4.78 is 1.22. The maximum atomic E-state index is 12.4. The van der Waals surface area contributed by atoms with Crippen molar-refractivity contribution in [2.75, 3.05) is 7.05 Å². The third kappa shape index (κ3) is 3.48. The van der Waals surface area contributed by atoms with Gasteiger partial charge in [-0.05, 0) is 32.6 Å². The number of aryl methyl sites for hydroxylation is 3. The number of carbonyl (C=O) groups excluding carboxylic acids is 1. The van der Waals surface area contributed by atoms with Gasteiger partial charge in [-0.15, -0.1) is 11.3 Å². The SMILES string of the molecule is Cc1cn(CC(=O)N(C)Cc2nc3c(s2)CCCC3)c(=O)[nH]c1=O. The highest BCUT2D eigenvalue weighted by Crippen LogP contribution is 2.27. The number of hydrogen-bond donors (Lipinski definition) is 1. The van der Waals surface area contributed by atoms with Crippen LogP contribution in [0.4, 0.5) is 0 Å². The molecule has 2 aromatic heterocycles. The zero-order valence-corrected chi connectivity index (χ0v) is 14.6. The normalized spacial score (nSPS) is 13.6. The van der Waals surface area contributed by atoms with Gasteiger partial charge in [-0.2, -0.15) is 0 Å². The molecule has 0 atom stereocenters. The van der Waals surface area contributed by atoms with E-state index in [2.05, 4.69) is 9.97 Å². The van der Waals surface area contributed by atoms with Gasteiger partial charge in [-0.3, -0.25) is 19.1 Å². The number of H-pyrrole nitrogens is 1. The van der Waals surface area contributed by atoms with Crippen LogP contribution in [0, 0.1) is 6.92 Å². The number of rotatable bonds is 4. The number of thiazole rings is 1. The molecule has 0 bridgehead atoms. The first-order chi connectivity index (χ1) is 11.4. The number of aromatic amines is 1. The fourth-order valence-electron chi connectivity index (χ4n) is 2.77. The fraction of sp³-hybridized carbons (Fsp3) is 0.500. The minimum absolute atomic E-state index is 0.0992. The first kappa shape index (κ1) is 16.6. The molecule has 1 aliphatic rings. The molecule has 0 saturated heterocycles. The summed E-state index contributed by atoms with van der Waals surface area (Å²) in [4.78, 5) is 45.2. The Morgan fingerprint density at radius 3 is 2.88 bits per heavy atom. The zero-order chi connectivity index (χ0) is 17.3. The van der Waals surface area contributed by atoms with Crippen LogP contribution in [-0.2, 0) is 30.7 Å². The van der Waals surface area contributed by atoms with E-state index in [1.807, 2.05) is 0 Å². The number of fused-ring (bicyclic) bond motifs is 1. The van der Waals surface area contributed by atoms with Crippen molar-refractivity contribution in [3.8, 4) is 0 Å². The van der Waals surface area contributed by atoms with Crippen molar-refractivity contribution < 1.29 is 4.79 Å². The van der Waals surface area contributed by atoms with Crippen LogP contribution in [0.25, 0.3) is 0 Å². The second-order valence-electron chi connectivity index (χ2n) is 6.13. The predicted molar refractivity (Wildman–Crippen MR) is 91.3 cm³/mol. The van der Waals surface area contributed by atoms with Crippen molar-refractivity contribution in [3.05, 3.63) is 48.2 Å². The molecule has 0 spiro atoms.